The third-order valence-corrected chi connectivity index (χ3v) is 3.56. The number of carboxylic acid groups (broad SMARTS) is 1. The number of amides is 1. The number of ether oxygens (including phenoxy) is 1. The first-order valence-electron chi connectivity index (χ1n) is 6.38. The lowest BCUT2D eigenvalue weighted by Crippen LogP contribution is -2.40. The van der Waals surface area contributed by atoms with Crippen LogP contribution in [-0.2, 0) is 4.79 Å². The molecule has 0 bridgehead atoms. The fourth-order valence-corrected chi connectivity index (χ4v) is 2.10. The van der Waals surface area contributed by atoms with E-state index >= 15 is 0 Å². The van der Waals surface area contributed by atoms with Crippen molar-refractivity contribution < 1.29 is 19.4 Å². The largest absolute Gasteiger partial charge is 0.480 e. The molecule has 1 atom stereocenters. The van der Waals surface area contributed by atoms with E-state index in [4.69, 9.17) is 9.84 Å². The maximum absolute atomic E-state index is 12.1. The molecule has 0 fully saturated rings. The predicted molar refractivity (Wildman–Crippen MR) is 79.1 cm³/mol. The third-order valence-electron chi connectivity index (χ3n) is 2.90. The van der Waals surface area contributed by atoms with Crippen molar-refractivity contribution in [2.45, 2.75) is 26.9 Å². The zero-order valence-corrected chi connectivity index (χ0v) is 13.3. The minimum Gasteiger partial charge on any atom is -0.480 e. The van der Waals surface area contributed by atoms with Crippen LogP contribution in [0.1, 0.15) is 31.1 Å². The standard InChI is InChI=1S/C14H18BrNO4/c1-4-16(5-2)13(17)9(3)20-12-8-10(14(18)19)6-7-11(12)15/h6-9H,4-5H2,1-3H3,(H,18,19). The molecule has 1 N–H and O–H groups in total. The molecule has 0 saturated carbocycles. The molecule has 1 unspecified atom stereocenters. The van der Waals surface area contributed by atoms with Gasteiger partial charge in [-0.05, 0) is 54.9 Å². The van der Waals surface area contributed by atoms with Crippen molar-refractivity contribution in [3.63, 3.8) is 0 Å². The highest BCUT2D eigenvalue weighted by atomic mass is 79.9. The lowest BCUT2D eigenvalue weighted by atomic mass is 10.2. The molecule has 0 aromatic heterocycles. The number of hydrogen-bond acceptors (Lipinski definition) is 3. The second-order valence-corrected chi connectivity index (χ2v) is 5.08. The summed E-state index contributed by atoms with van der Waals surface area (Å²) in [5.74, 6) is -0.814. The van der Waals surface area contributed by atoms with Crippen molar-refractivity contribution in [1.29, 1.82) is 0 Å². The number of carboxylic acids is 1. The van der Waals surface area contributed by atoms with Crippen molar-refractivity contribution in [2.75, 3.05) is 13.1 Å². The summed E-state index contributed by atoms with van der Waals surface area (Å²) in [7, 11) is 0. The highest BCUT2D eigenvalue weighted by Gasteiger charge is 2.21. The average molecular weight is 344 g/mol. The van der Waals surface area contributed by atoms with Gasteiger partial charge in [0.2, 0.25) is 0 Å². The van der Waals surface area contributed by atoms with Crippen molar-refractivity contribution in [3.05, 3.63) is 28.2 Å². The molecule has 110 valence electrons. The SMILES string of the molecule is CCN(CC)C(=O)C(C)Oc1cc(C(=O)O)ccc1Br. The highest BCUT2D eigenvalue weighted by molar-refractivity contribution is 9.10. The summed E-state index contributed by atoms with van der Waals surface area (Å²) in [5.41, 5.74) is 0.116. The quantitative estimate of drug-likeness (QED) is 0.862. The highest BCUT2D eigenvalue weighted by Crippen LogP contribution is 2.27. The van der Waals surface area contributed by atoms with Crippen molar-refractivity contribution >= 4 is 27.8 Å². The summed E-state index contributed by atoms with van der Waals surface area (Å²) < 4.78 is 6.19. The molecule has 0 saturated heterocycles. The van der Waals surface area contributed by atoms with Crippen molar-refractivity contribution in [1.82, 2.24) is 4.90 Å². The van der Waals surface area contributed by atoms with E-state index in [9.17, 15) is 9.59 Å². The Kier molecular flexibility index (Phi) is 6.01. The van der Waals surface area contributed by atoms with Crippen LogP contribution in [0.2, 0.25) is 0 Å². The Morgan fingerprint density at radius 2 is 1.95 bits per heavy atom. The van der Waals surface area contributed by atoms with Crippen LogP contribution in [-0.4, -0.2) is 41.1 Å². The Morgan fingerprint density at radius 1 is 1.35 bits per heavy atom. The van der Waals surface area contributed by atoms with Gasteiger partial charge in [0, 0.05) is 13.1 Å². The molecule has 5 nitrogen and oxygen atoms in total. The third kappa shape index (κ3) is 3.96. The molecular weight excluding hydrogens is 326 g/mol. The molecule has 1 amide bonds. The first kappa shape index (κ1) is 16.5. The van der Waals surface area contributed by atoms with E-state index in [0.29, 0.717) is 23.3 Å². The number of carbonyl (C=O) groups excluding carboxylic acids is 1. The van der Waals surface area contributed by atoms with Crippen LogP contribution in [0.4, 0.5) is 0 Å². The molecule has 0 radical (unpaired) electrons. The Morgan fingerprint density at radius 3 is 2.45 bits per heavy atom. The number of likely N-dealkylation sites (N-methyl/N-ethyl adjacent to an activating group) is 1. The fourth-order valence-electron chi connectivity index (χ4n) is 1.76. The second kappa shape index (κ2) is 7.28. The Hall–Kier alpha value is -1.56. The number of halogens is 1. The predicted octanol–water partition coefficient (Wildman–Crippen LogP) is 2.78. The van der Waals surface area contributed by atoms with Gasteiger partial charge in [0.1, 0.15) is 5.75 Å². The summed E-state index contributed by atoms with van der Waals surface area (Å²) >= 11 is 3.29. The van der Waals surface area contributed by atoms with E-state index in [1.54, 1.807) is 17.9 Å². The van der Waals surface area contributed by atoms with Crippen LogP contribution >= 0.6 is 15.9 Å². The number of rotatable bonds is 6. The van der Waals surface area contributed by atoms with Crippen LogP contribution in [0.3, 0.4) is 0 Å². The van der Waals surface area contributed by atoms with Crippen LogP contribution in [0.25, 0.3) is 0 Å². The molecule has 1 rings (SSSR count). The van der Waals surface area contributed by atoms with E-state index in [1.165, 1.54) is 12.1 Å². The molecule has 0 aliphatic rings. The summed E-state index contributed by atoms with van der Waals surface area (Å²) in [4.78, 5) is 24.7. The molecule has 20 heavy (non-hydrogen) atoms. The smallest absolute Gasteiger partial charge is 0.335 e. The maximum Gasteiger partial charge on any atom is 0.335 e. The zero-order valence-electron chi connectivity index (χ0n) is 11.7. The van der Waals surface area contributed by atoms with Gasteiger partial charge in [-0.3, -0.25) is 4.79 Å². The summed E-state index contributed by atoms with van der Waals surface area (Å²) in [5, 5.41) is 8.96. The van der Waals surface area contributed by atoms with Crippen LogP contribution in [0, 0.1) is 0 Å². The molecule has 1 aromatic carbocycles. The van der Waals surface area contributed by atoms with Crippen LogP contribution < -0.4 is 4.74 Å². The first-order valence-corrected chi connectivity index (χ1v) is 7.18. The van der Waals surface area contributed by atoms with E-state index in [-0.39, 0.29) is 11.5 Å². The van der Waals surface area contributed by atoms with Gasteiger partial charge in [-0.2, -0.15) is 0 Å². The number of benzene rings is 1. The fraction of sp³-hybridized carbons (Fsp3) is 0.429. The molecule has 6 heteroatoms. The Labute approximate surface area is 126 Å². The van der Waals surface area contributed by atoms with Gasteiger partial charge >= 0.3 is 5.97 Å². The van der Waals surface area contributed by atoms with Crippen LogP contribution in [0.15, 0.2) is 22.7 Å². The van der Waals surface area contributed by atoms with Crippen LogP contribution in [0.5, 0.6) is 5.75 Å². The number of carbonyl (C=O) groups is 2. The maximum atomic E-state index is 12.1. The van der Waals surface area contributed by atoms with Gasteiger partial charge in [0.25, 0.3) is 5.91 Å². The molecule has 0 aliphatic heterocycles. The molecule has 1 aromatic rings. The summed E-state index contributed by atoms with van der Waals surface area (Å²) in [6.45, 7) is 6.67. The van der Waals surface area contributed by atoms with Gasteiger partial charge in [-0.25, -0.2) is 4.79 Å². The minimum absolute atomic E-state index is 0.116. The molecule has 0 aliphatic carbocycles. The van der Waals surface area contributed by atoms with Gasteiger partial charge in [0.05, 0.1) is 10.0 Å². The van der Waals surface area contributed by atoms with Crippen molar-refractivity contribution in [2.24, 2.45) is 0 Å². The lowest BCUT2D eigenvalue weighted by Gasteiger charge is -2.23. The van der Waals surface area contributed by atoms with E-state index < -0.39 is 12.1 Å². The van der Waals surface area contributed by atoms with Crippen molar-refractivity contribution in [3.8, 4) is 5.75 Å². The van der Waals surface area contributed by atoms with Gasteiger partial charge in [-0.15, -0.1) is 0 Å². The van der Waals surface area contributed by atoms with E-state index in [1.807, 2.05) is 13.8 Å². The Balaban J connectivity index is 2.89. The zero-order chi connectivity index (χ0) is 15.3. The number of aromatic carboxylic acids is 1. The van der Waals surface area contributed by atoms with Gasteiger partial charge in [-0.1, -0.05) is 0 Å². The van der Waals surface area contributed by atoms with E-state index in [0.717, 1.165) is 0 Å². The average Bonchev–Trinajstić information content (AvgIpc) is 2.42. The lowest BCUT2D eigenvalue weighted by molar-refractivity contribution is -0.137. The summed E-state index contributed by atoms with van der Waals surface area (Å²) in [6, 6.07) is 4.46. The van der Waals surface area contributed by atoms with E-state index in [2.05, 4.69) is 15.9 Å². The topological polar surface area (TPSA) is 66.8 Å². The monoisotopic (exact) mass is 343 g/mol. The Bertz CT molecular complexity index is 500. The molecule has 0 spiro atoms. The molecule has 0 heterocycles. The number of nitrogens with zero attached hydrogens (tertiary/aromatic N) is 1. The second-order valence-electron chi connectivity index (χ2n) is 4.22. The first-order chi connectivity index (χ1) is 9.40. The summed E-state index contributed by atoms with van der Waals surface area (Å²) in [6.07, 6.45) is -0.671. The normalized spacial score (nSPS) is 11.8. The number of hydrogen-bond donors (Lipinski definition) is 1. The van der Waals surface area contributed by atoms with Gasteiger partial charge < -0.3 is 14.7 Å². The molecular formula is C14H18BrNO4. The van der Waals surface area contributed by atoms with Gasteiger partial charge in [0.15, 0.2) is 6.10 Å². The minimum atomic E-state index is -1.04.